The Morgan fingerprint density at radius 3 is 2.50 bits per heavy atom. The van der Waals surface area contributed by atoms with Gasteiger partial charge in [0.15, 0.2) is 0 Å². The monoisotopic (exact) mass is 199 g/mol. The third kappa shape index (κ3) is 2.61. The van der Waals surface area contributed by atoms with Crippen LogP contribution in [-0.2, 0) is 4.79 Å². The number of rotatable bonds is 4. The van der Waals surface area contributed by atoms with Crippen LogP contribution >= 0.6 is 0 Å². The molecule has 1 atom stereocenters. The van der Waals surface area contributed by atoms with E-state index in [2.05, 4.69) is 5.10 Å². The van der Waals surface area contributed by atoms with Gasteiger partial charge < -0.3 is 16.7 Å². The number of nitrogens with zero attached hydrogens (tertiary/aromatic N) is 1. The molecule has 1 aliphatic rings. The van der Waals surface area contributed by atoms with Crippen molar-refractivity contribution in [2.24, 2.45) is 28.5 Å². The zero-order chi connectivity index (χ0) is 10.6. The maximum absolute atomic E-state index is 11.0. The highest BCUT2D eigenvalue weighted by Crippen LogP contribution is 2.33. The van der Waals surface area contributed by atoms with Crippen LogP contribution in [0.3, 0.4) is 0 Å². The summed E-state index contributed by atoms with van der Waals surface area (Å²) < 4.78 is 0. The van der Waals surface area contributed by atoms with E-state index in [1.165, 1.54) is 0 Å². The Morgan fingerprint density at radius 2 is 2.07 bits per heavy atom. The lowest BCUT2D eigenvalue weighted by Gasteiger charge is -2.18. The van der Waals surface area contributed by atoms with Gasteiger partial charge in [0.2, 0.25) is 0 Å². The highest BCUT2D eigenvalue weighted by Gasteiger charge is 2.30. The van der Waals surface area contributed by atoms with E-state index in [9.17, 15) is 4.79 Å². The number of amidine groups is 1. The van der Waals surface area contributed by atoms with Crippen molar-refractivity contribution in [3.05, 3.63) is 0 Å². The molecule has 1 unspecified atom stereocenters. The molecule has 0 aromatic carbocycles. The van der Waals surface area contributed by atoms with Crippen LogP contribution in [0.25, 0.3) is 0 Å². The zero-order valence-electron chi connectivity index (χ0n) is 8.15. The molecule has 5 N–H and O–H groups in total. The van der Waals surface area contributed by atoms with E-state index in [-0.39, 0.29) is 18.2 Å². The fourth-order valence-corrected chi connectivity index (χ4v) is 2.09. The second-order valence-corrected chi connectivity index (χ2v) is 3.81. The molecule has 1 rings (SSSR count). The van der Waals surface area contributed by atoms with Crippen LogP contribution in [0.15, 0.2) is 5.10 Å². The molecule has 0 radical (unpaired) electrons. The first-order valence-corrected chi connectivity index (χ1v) is 4.90. The summed E-state index contributed by atoms with van der Waals surface area (Å²) in [6, 6.07) is 0. The van der Waals surface area contributed by atoms with Gasteiger partial charge >= 0.3 is 5.97 Å². The number of carboxylic acid groups (broad SMARTS) is 1. The van der Waals surface area contributed by atoms with Crippen molar-refractivity contribution in [3.63, 3.8) is 0 Å². The van der Waals surface area contributed by atoms with Crippen molar-refractivity contribution >= 4 is 11.8 Å². The average Bonchev–Trinajstić information content (AvgIpc) is 2.65. The Balaban J connectivity index is 2.59. The second-order valence-electron chi connectivity index (χ2n) is 3.81. The summed E-state index contributed by atoms with van der Waals surface area (Å²) in [6.45, 7) is 0. The summed E-state index contributed by atoms with van der Waals surface area (Å²) in [5.41, 5.74) is 5.44. The zero-order valence-corrected chi connectivity index (χ0v) is 8.15. The average molecular weight is 199 g/mol. The van der Waals surface area contributed by atoms with Gasteiger partial charge in [-0.2, -0.15) is 5.10 Å². The Bertz CT molecular complexity index is 234. The molecule has 0 heterocycles. The minimum absolute atomic E-state index is 0.226. The summed E-state index contributed by atoms with van der Waals surface area (Å²) in [5, 5.41) is 12.3. The van der Waals surface area contributed by atoms with Crippen LogP contribution in [0.5, 0.6) is 0 Å². The van der Waals surface area contributed by atoms with Crippen molar-refractivity contribution in [1.29, 1.82) is 0 Å². The number of hydrogen-bond acceptors (Lipinski definition) is 3. The van der Waals surface area contributed by atoms with Crippen molar-refractivity contribution in [2.75, 3.05) is 0 Å². The number of carbonyl (C=O) groups is 1. The number of aliphatic carboxylic acids is 1. The van der Waals surface area contributed by atoms with Crippen LogP contribution in [0.4, 0.5) is 0 Å². The molecule has 0 amide bonds. The summed E-state index contributed by atoms with van der Waals surface area (Å²) >= 11 is 0. The maximum atomic E-state index is 11.0. The molecule has 0 aromatic rings. The van der Waals surface area contributed by atoms with Gasteiger partial charge in [-0.05, 0) is 18.8 Å². The molecular weight excluding hydrogens is 182 g/mol. The summed E-state index contributed by atoms with van der Waals surface area (Å²) in [4.78, 5) is 11.0. The first-order chi connectivity index (χ1) is 6.65. The number of nitrogens with two attached hydrogens (primary N) is 2. The quantitative estimate of drug-likeness (QED) is 0.265. The molecular formula is C9H17N3O2. The summed E-state index contributed by atoms with van der Waals surface area (Å²) in [6.07, 6.45) is 4.47. The number of hydrogen-bond donors (Lipinski definition) is 3. The Labute approximate surface area is 83.2 Å². The van der Waals surface area contributed by atoms with Gasteiger partial charge in [-0.3, -0.25) is 4.79 Å². The lowest BCUT2D eigenvalue weighted by atomic mass is 9.88. The molecule has 1 saturated carbocycles. The van der Waals surface area contributed by atoms with Gasteiger partial charge in [-0.25, -0.2) is 0 Å². The number of carboxylic acids is 1. The van der Waals surface area contributed by atoms with E-state index in [0.717, 1.165) is 25.7 Å². The van der Waals surface area contributed by atoms with E-state index in [4.69, 9.17) is 16.7 Å². The molecule has 1 fully saturated rings. The minimum Gasteiger partial charge on any atom is -0.481 e. The van der Waals surface area contributed by atoms with Crippen molar-refractivity contribution in [3.8, 4) is 0 Å². The van der Waals surface area contributed by atoms with Gasteiger partial charge in [-0.1, -0.05) is 12.8 Å². The fraction of sp³-hybridized carbons (Fsp3) is 0.778. The summed E-state index contributed by atoms with van der Waals surface area (Å²) in [7, 11) is 0. The van der Waals surface area contributed by atoms with Crippen molar-refractivity contribution < 1.29 is 9.90 Å². The molecule has 14 heavy (non-hydrogen) atoms. The Hall–Kier alpha value is -1.26. The van der Waals surface area contributed by atoms with Crippen LogP contribution in [0, 0.1) is 11.8 Å². The second kappa shape index (κ2) is 4.83. The largest absolute Gasteiger partial charge is 0.481 e. The molecule has 0 saturated heterocycles. The maximum Gasteiger partial charge on any atom is 0.307 e. The van der Waals surface area contributed by atoms with Crippen LogP contribution in [0.1, 0.15) is 32.1 Å². The van der Waals surface area contributed by atoms with Gasteiger partial charge in [0.05, 0.1) is 5.92 Å². The first kappa shape index (κ1) is 10.8. The fourth-order valence-electron chi connectivity index (χ4n) is 2.09. The first-order valence-electron chi connectivity index (χ1n) is 4.90. The van der Waals surface area contributed by atoms with Crippen molar-refractivity contribution in [1.82, 2.24) is 0 Å². The third-order valence-corrected chi connectivity index (χ3v) is 2.88. The summed E-state index contributed by atoms with van der Waals surface area (Å²) in [5.74, 6) is 4.26. The molecule has 5 nitrogen and oxygen atoms in total. The number of hydrazone groups is 1. The van der Waals surface area contributed by atoms with E-state index in [1.54, 1.807) is 0 Å². The highest BCUT2D eigenvalue weighted by atomic mass is 16.4. The van der Waals surface area contributed by atoms with Gasteiger partial charge in [-0.15, -0.1) is 0 Å². The molecule has 80 valence electrons. The van der Waals surface area contributed by atoms with Gasteiger partial charge in [0, 0.05) is 6.42 Å². The molecule has 0 bridgehead atoms. The van der Waals surface area contributed by atoms with Crippen LogP contribution in [0.2, 0.25) is 0 Å². The van der Waals surface area contributed by atoms with Crippen LogP contribution in [-0.4, -0.2) is 16.9 Å². The molecule has 0 aliphatic heterocycles. The van der Waals surface area contributed by atoms with E-state index in [1.807, 2.05) is 0 Å². The Morgan fingerprint density at radius 1 is 1.50 bits per heavy atom. The van der Waals surface area contributed by atoms with E-state index >= 15 is 0 Å². The predicted octanol–water partition coefficient (Wildman–Crippen LogP) is 0.498. The van der Waals surface area contributed by atoms with E-state index in [0.29, 0.717) is 0 Å². The highest BCUT2D eigenvalue weighted by molar-refractivity contribution is 5.85. The molecule has 0 aromatic heterocycles. The lowest BCUT2D eigenvalue weighted by molar-refractivity contribution is -0.143. The minimum atomic E-state index is -0.788. The van der Waals surface area contributed by atoms with Gasteiger partial charge in [0.25, 0.3) is 0 Å². The molecule has 0 spiro atoms. The van der Waals surface area contributed by atoms with Gasteiger partial charge in [0.1, 0.15) is 5.84 Å². The molecule has 1 aliphatic carbocycles. The predicted molar refractivity (Wildman–Crippen MR) is 53.5 cm³/mol. The SMILES string of the molecule is N/N=C(\N)CC(C(=O)O)C1CCCC1. The topological polar surface area (TPSA) is 102 Å². The smallest absolute Gasteiger partial charge is 0.307 e. The Kier molecular flexibility index (Phi) is 3.73. The van der Waals surface area contributed by atoms with Crippen LogP contribution < -0.4 is 11.6 Å². The van der Waals surface area contributed by atoms with E-state index < -0.39 is 11.9 Å². The third-order valence-electron chi connectivity index (χ3n) is 2.88. The standard InChI is InChI=1S/C9H17N3O2/c10-8(12-11)5-7(9(13)14)6-3-1-2-4-6/h6-7H,1-5,11H2,(H2,10,12)(H,13,14). The van der Waals surface area contributed by atoms with Crippen molar-refractivity contribution in [2.45, 2.75) is 32.1 Å². The lowest BCUT2D eigenvalue weighted by Crippen LogP contribution is -2.28. The molecule has 5 heteroatoms. The normalized spacial score (nSPS) is 21.0.